The summed E-state index contributed by atoms with van der Waals surface area (Å²) in [7, 11) is 0. The Morgan fingerprint density at radius 1 is 1.23 bits per heavy atom. The molecular weight excluding hydrogens is 414 g/mol. The van der Waals surface area contributed by atoms with Crippen molar-refractivity contribution in [2.45, 2.75) is 58.0 Å². The van der Waals surface area contributed by atoms with Crippen molar-refractivity contribution in [2.75, 3.05) is 12.3 Å². The molecule has 164 valence electrons. The summed E-state index contributed by atoms with van der Waals surface area (Å²) < 4.78 is 14.9. The van der Waals surface area contributed by atoms with Crippen molar-refractivity contribution in [3.05, 3.63) is 47.4 Å². The van der Waals surface area contributed by atoms with Gasteiger partial charge in [0.25, 0.3) is 0 Å². The van der Waals surface area contributed by atoms with E-state index >= 15 is 0 Å². The van der Waals surface area contributed by atoms with E-state index < -0.39 is 0 Å². The van der Waals surface area contributed by atoms with Crippen LogP contribution in [-0.2, 0) is 16.1 Å². The number of nitrogens with zero attached hydrogens (tertiary/aromatic N) is 4. The lowest BCUT2D eigenvalue weighted by Gasteiger charge is -2.31. The highest BCUT2D eigenvalue weighted by atomic mass is 35.5. The van der Waals surface area contributed by atoms with Crippen molar-refractivity contribution >= 4 is 28.7 Å². The molecule has 0 saturated heterocycles. The van der Waals surface area contributed by atoms with Gasteiger partial charge in [0, 0.05) is 11.5 Å². The minimum Gasteiger partial charge on any atom is -0.376 e. The third kappa shape index (κ3) is 3.79. The molecule has 5 rings (SSSR count). The highest BCUT2D eigenvalue weighted by Crippen LogP contribution is 2.69. The Hall–Kier alpha value is -2.22. The first-order chi connectivity index (χ1) is 14.8. The predicted molar refractivity (Wildman–Crippen MR) is 120 cm³/mol. The topological polar surface area (TPSA) is 88.1 Å². The molecule has 2 aliphatic rings. The molecule has 2 aromatic heterocycles. The van der Waals surface area contributed by atoms with Gasteiger partial charge in [-0.3, -0.25) is 0 Å². The van der Waals surface area contributed by atoms with Gasteiger partial charge in [-0.25, -0.2) is 4.98 Å². The highest BCUT2D eigenvalue weighted by Gasteiger charge is 2.69. The zero-order valence-electron chi connectivity index (χ0n) is 18.1. The Balaban J connectivity index is 1.40. The maximum Gasteiger partial charge on any atom is 0.223 e. The van der Waals surface area contributed by atoms with Crippen LogP contribution in [0.25, 0.3) is 11.2 Å². The Bertz CT molecular complexity index is 1100. The number of nitrogens with two attached hydrogens (primary N) is 1. The van der Waals surface area contributed by atoms with E-state index in [4.69, 9.17) is 26.8 Å². The van der Waals surface area contributed by atoms with Gasteiger partial charge >= 0.3 is 0 Å². The standard InChI is InChI=1S/C23H28ClN5O2/c1-22(2,3)31-17-9-16(29-13-26-18-19(24)27-21(25)28-20(18)29)15-10-23(15,17)12-30-11-14-7-5-4-6-8-14/h4-8,13,15-17H,9-12H2,1-3H3,(H2,25,27,28)/t15-,16+,17+,23+/m1/s1. The van der Waals surface area contributed by atoms with E-state index in [0.717, 1.165) is 12.8 Å². The van der Waals surface area contributed by atoms with Crippen molar-refractivity contribution in [1.82, 2.24) is 19.5 Å². The predicted octanol–water partition coefficient (Wildman–Crippen LogP) is 4.41. The number of ether oxygens (including phenoxy) is 2. The quantitative estimate of drug-likeness (QED) is 0.570. The first kappa shape index (κ1) is 20.7. The summed E-state index contributed by atoms with van der Waals surface area (Å²) in [6, 6.07) is 10.5. The molecule has 0 bridgehead atoms. The fourth-order valence-electron chi connectivity index (χ4n) is 5.09. The number of halogens is 1. The Morgan fingerprint density at radius 2 is 2.00 bits per heavy atom. The van der Waals surface area contributed by atoms with Crippen molar-refractivity contribution in [3.8, 4) is 0 Å². The SMILES string of the molecule is CC(C)(C)O[C@H]1C[C@H](n2cnc3c(Cl)nc(N)nc32)[C@H]2C[C@@]12COCc1ccccc1. The van der Waals surface area contributed by atoms with Gasteiger partial charge < -0.3 is 19.8 Å². The van der Waals surface area contributed by atoms with Crippen LogP contribution in [0, 0.1) is 11.3 Å². The van der Waals surface area contributed by atoms with Crippen LogP contribution in [0.2, 0.25) is 5.15 Å². The van der Waals surface area contributed by atoms with Crippen molar-refractivity contribution in [2.24, 2.45) is 11.3 Å². The highest BCUT2D eigenvalue weighted by molar-refractivity contribution is 6.33. The normalized spacial score (nSPS) is 27.5. The van der Waals surface area contributed by atoms with Crippen LogP contribution >= 0.6 is 11.6 Å². The van der Waals surface area contributed by atoms with Crippen LogP contribution in [0.1, 0.15) is 45.2 Å². The molecule has 2 saturated carbocycles. The lowest BCUT2D eigenvalue weighted by molar-refractivity contribution is -0.104. The van der Waals surface area contributed by atoms with Crippen LogP contribution in [0.15, 0.2) is 36.7 Å². The van der Waals surface area contributed by atoms with E-state index in [1.54, 1.807) is 0 Å². The lowest BCUT2D eigenvalue weighted by Crippen LogP contribution is -2.35. The average Bonchev–Trinajstić information content (AvgIpc) is 3.15. The first-order valence-electron chi connectivity index (χ1n) is 10.7. The number of hydrogen-bond donors (Lipinski definition) is 1. The van der Waals surface area contributed by atoms with Gasteiger partial charge in [0.2, 0.25) is 5.95 Å². The van der Waals surface area contributed by atoms with Crippen molar-refractivity contribution in [3.63, 3.8) is 0 Å². The molecule has 3 aromatic rings. The Morgan fingerprint density at radius 3 is 2.74 bits per heavy atom. The summed E-state index contributed by atoms with van der Waals surface area (Å²) in [5.74, 6) is 0.594. The summed E-state index contributed by atoms with van der Waals surface area (Å²) in [4.78, 5) is 12.9. The van der Waals surface area contributed by atoms with E-state index in [1.807, 2.05) is 24.5 Å². The summed E-state index contributed by atoms with van der Waals surface area (Å²) >= 11 is 6.25. The minimum atomic E-state index is -0.230. The van der Waals surface area contributed by atoms with Crippen molar-refractivity contribution in [1.29, 1.82) is 0 Å². The van der Waals surface area contributed by atoms with E-state index in [0.29, 0.717) is 30.3 Å². The van der Waals surface area contributed by atoms with Crippen molar-refractivity contribution < 1.29 is 9.47 Å². The maximum atomic E-state index is 6.55. The average molecular weight is 442 g/mol. The molecule has 7 nitrogen and oxygen atoms in total. The monoisotopic (exact) mass is 441 g/mol. The zero-order chi connectivity index (χ0) is 21.8. The number of benzene rings is 1. The molecule has 4 atom stereocenters. The van der Waals surface area contributed by atoms with E-state index in [9.17, 15) is 0 Å². The summed E-state index contributed by atoms with van der Waals surface area (Å²) in [6.07, 6.45) is 3.85. The molecule has 2 fully saturated rings. The van der Waals surface area contributed by atoms with E-state index in [-0.39, 0.29) is 34.3 Å². The number of rotatable bonds is 6. The molecule has 2 N–H and O–H groups in total. The van der Waals surface area contributed by atoms with Crippen LogP contribution < -0.4 is 5.73 Å². The largest absolute Gasteiger partial charge is 0.376 e. The minimum absolute atomic E-state index is 0.00564. The van der Waals surface area contributed by atoms with E-state index in [1.165, 1.54) is 5.56 Å². The van der Waals surface area contributed by atoms with Crippen LogP contribution in [0.4, 0.5) is 5.95 Å². The molecule has 1 aromatic carbocycles. The lowest BCUT2D eigenvalue weighted by atomic mass is 10.0. The van der Waals surface area contributed by atoms with Gasteiger partial charge in [-0.15, -0.1) is 0 Å². The molecule has 2 aliphatic carbocycles. The zero-order valence-corrected chi connectivity index (χ0v) is 18.8. The van der Waals surface area contributed by atoms with Crippen LogP contribution in [-0.4, -0.2) is 37.8 Å². The number of aromatic nitrogens is 4. The molecule has 31 heavy (non-hydrogen) atoms. The van der Waals surface area contributed by atoms with Gasteiger partial charge in [0.15, 0.2) is 10.8 Å². The van der Waals surface area contributed by atoms with E-state index in [2.05, 4.69) is 52.4 Å². The Labute approximate surface area is 186 Å². The molecule has 8 heteroatoms. The summed E-state index contributed by atoms with van der Waals surface area (Å²) in [5, 5.41) is 0.287. The second kappa shape index (κ2) is 7.43. The second-order valence-corrected chi connectivity index (χ2v) is 10.1. The molecule has 0 aliphatic heterocycles. The van der Waals surface area contributed by atoms with Gasteiger partial charge in [-0.2, -0.15) is 9.97 Å². The summed E-state index contributed by atoms with van der Waals surface area (Å²) in [6.45, 7) is 7.60. The third-order valence-electron chi connectivity index (χ3n) is 6.47. The summed E-state index contributed by atoms with van der Waals surface area (Å²) in [5.41, 5.74) is 8.09. The molecule has 2 heterocycles. The fourth-order valence-corrected chi connectivity index (χ4v) is 5.31. The molecule has 0 spiro atoms. The first-order valence-corrected chi connectivity index (χ1v) is 11.1. The Kier molecular flexibility index (Phi) is 4.95. The number of nitrogen functional groups attached to an aromatic ring is 1. The molecule has 0 radical (unpaired) electrons. The fraction of sp³-hybridized carbons (Fsp3) is 0.522. The maximum absolute atomic E-state index is 6.55. The van der Waals surface area contributed by atoms with Gasteiger partial charge in [0.1, 0.15) is 5.52 Å². The van der Waals surface area contributed by atoms with Gasteiger partial charge in [-0.1, -0.05) is 41.9 Å². The van der Waals surface area contributed by atoms with Crippen LogP contribution in [0.5, 0.6) is 0 Å². The number of hydrogen-bond acceptors (Lipinski definition) is 6. The molecule has 0 amide bonds. The smallest absolute Gasteiger partial charge is 0.223 e. The number of anilines is 1. The number of imidazole rings is 1. The molecule has 0 unspecified atom stereocenters. The second-order valence-electron chi connectivity index (χ2n) is 9.74. The number of fused-ring (bicyclic) bond motifs is 2. The van der Waals surface area contributed by atoms with Crippen LogP contribution in [0.3, 0.4) is 0 Å². The van der Waals surface area contributed by atoms with Gasteiger partial charge in [0.05, 0.1) is 31.2 Å². The van der Waals surface area contributed by atoms with Gasteiger partial charge in [-0.05, 0) is 45.1 Å². The third-order valence-corrected chi connectivity index (χ3v) is 6.73. The molecular formula is C23H28ClN5O2.